The molecule has 20 heavy (non-hydrogen) atoms. The first-order valence-corrected chi connectivity index (χ1v) is 7.21. The number of aliphatic hydroxyl groups is 1. The van der Waals surface area contributed by atoms with Crippen molar-refractivity contribution in [2.75, 3.05) is 25.6 Å². The van der Waals surface area contributed by atoms with Crippen LogP contribution in [0.3, 0.4) is 0 Å². The minimum atomic E-state index is -0.599. The van der Waals surface area contributed by atoms with E-state index in [1.54, 1.807) is 12.6 Å². The maximum absolute atomic E-state index is 9.86. The quantitative estimate of drug-likeness (QED) is 0.820. The minimum Gasteiger partial charge on any atom is -0.497 e. The summed E-state index contributed by atoms with van der Waals surface area (Å²) in [4.78, 5) is 4.08. The van der Waals surface area contributed by atoms with Crippen molar-refractivity contribution in [2.24, 2.45) is 0 Å². The maximum atomic E-state index is 9.86. The van der Waals surface area contributed by atoms with E-state index >= 15 is 0 Å². The van der Waals surface area contributed by atoms with Gasteiger partial charge in [-0.2, -0.15) is 0 Å². The molecule has 1 aromatic carbocycles. The second-order valence-electron chi connectivity index (χ2n) is 4.35. The Morgan fingerprint density at radius 2 is 2.30 bits per heavy atom. The number of anilines is 1. The molecule has 1 unspecified atom stereocenters. The molecule has 5 nitrogen and oxygen atoms in total. The molecule has 0 aliphatic heterocycles. The van der Waals surface area contributed by atoms with Gasteiger partial charge in [0, 0.05) is 11.9 Å². The van der Waals surface area contributed by atoms with E-state index in [0.29, 0.717) is 6.54 Å². The molecule has 1 heterocycles. The van der Waals surface area contributed by atoms with E-state index in [9.17, 15) is 5.11 Å². The first-order valence-electron chi connectivity index (χ1n) is 6.26. The van der Waals surface area contributed by atoms with Crippen LogP contribution in [0.2, 0.25) is 0 Å². The molecule has 2 N–H and O–H groups in total. The number of aryl methyl sites for hydroxylation is 1. The Morgan fingerprint density at radius 3 is 2.95 bits per heavy atom. The molecule has 2 aromatic rings. The second-order valence-corrected chi connectivity index (χ2v) is 5.07. The molecule has 0 amide bonds. The van der Waals surface area contributed by atoms with Crippen LogP contribution in [0.5, 0.6) is 11.5 Å². The van der Waals surface area contributed by atoms with Crippen molar-refractivity contribution in [3.63, 3.8) is 0 Å². The Balaban J connectivity index is 1.79. The van der Waals surface area contributed by atoms with E-state index < -0.39 is 6.10 Å². The van der Waals surface area contributed by atoms with Crippen LogP contribution in [-0.2, 0) is 0 Å². The Kier molecular flexibility index (Phi) is 5.20. The van der Waals surface area contributed by atoms with Crippen LogP contribution in [0.15, 0.2) is 29.1 Å². The van der Waals surface area contributed by atoms with Crippen molar-refractivity contribution >= 4 is 17.2 Å². The summed E-state index contributed by atoms with van der Waals surface area (Å²) in [5.74, 6) is 2.31. The van der Waals surface area contributed by atoms with Crippen LogP contribution >= 0.6 is 11.3 Å². The lowest BCUT2D eigenvalue weighted by Crippen LogP contribution is -2.26. The fraction of sp³-hybridized carbons (Fsp3) is 0.357. The summed E-state index contributed by atoms with van der Waals surface area (Å²) >= 11 is 1.51. The number of nitrogens with zero attached hydrogens (tertiary/aromatic N) is 1. The van der Waals surface area contributed by atoms with Gasteiger partial charge in [-0.15, -0.1) is 11.3 Å². The molecule has 2 rings (SSSR count). The number of hydrogen-bond acceptors (Lipinski definition) is 6. The van der Waals surface area contributed by atoms with E-state index in [0.717, 1.165) is 22.9 Å². The largest absolute Gasteiger partial charge is 0.497 e. The average molecular weight is 294 g/mol. The lowest BCUT2D eigenvalue weighted by Gasteiger charge is -2.14. The van der Waals surface area contributed by atoms with Crippen molar-refractivity contribution in [3.8, 4) is 11.5 Å². The van der Waals surface area contributed by atoms with Gasteiger partial charge in [0.05, 0.1) is 12.6 Å². The predicted octanol–water partition coefficient (Wildman–Crippen LogP) is 2.31. The molecular formula is C14H18N2O3S. The smallest absolute Gasteiger partial charge is 0.137 e. The monoisotopic (exact) mass is 294 g/mol. The Bertz CT molecular complexity index is 531. The van der Waals surface area contributed by atoms with Gasteiger partial charge in [0.2, 0.25) is 0 Å². The molecule has 0 fully saturated rings. The van der Waals surface area contributed by atoms with Crippen LogP contribution < -0.4 is 14.8 Å². The lowest BCUT2D eigenvalue weighted by molar-refractivity contribution is 0.117. The summed E-state index contributed by atoms with van der Waals surface area (Å²) < 4.78 is 10.7. The second kappa shape index (κ2) is 7.12. The number of nitrogens with one attached hydrogen (secondary N) is 1. The van der Waals surface area contributed by atoms with Gasteiger partial charge in [-0.05, 0) is 30.7 Å². The van der Waals surface area contributed by atoms with Crippen molar-refractivity contribution in [3.05, 3.63) is 34.7 Å². The summed E-state index contributed by atoms with van der Waals surface area (Å²) in [7, 11) is 1.63. The van der Waals surface area contributed by atoms with Gasteiger partial charge in [-0.25, -0.2) is 4.98 Å². The summed E-state index contributed by atoms with van der Waals surface area (Å²) in [5.41, 5.74) is 2.72. The molecule has 0 spiro atoms. The van der Waals surface area contributed by atoms with Gasteiger partial charge < -0.3 is 19.9 Å². The summed E-state index contributed by atoms with van der Waals surface area (Å²) in [6.07, 6.45) is -0.599. The Morgan fingerprint density at radius 1 is 1.45 bits per heavy atom. The molecular weight excluding hydrogens is 276 g/mol. The highest BCUT2D eigenvalue weighted by molar-refractivity contribution is 7.07. The third kappa shape index (κ3) is 4.11. The SMILES string of the molecule is COc1ccc(OCC(O)CNc2cscn2)c(C)c1. The molecule has 0 radical (unpaired) electrons. The maximum Gasteiger partial charge on any atom is 0.137 e. The lowest BCUT2D eigenvalue weighted by atomic mass is 10.2. The topological polar surface area (TPSA) is 63.6 Å². The van der Waals surface area contributed by atoms with E-state index in [-0.39, 0.29) is 6.61 Å². The van der Waals surface area contributed by atoms with Crippen LogP contribution in [-0.4, -0.2) is 36.5 Å². The van der Waals surface area contributed by atoms with Crippen molar-refractivity contribution in [1.29, 1.82) is 0 Å². The number of ether oxygens (including phenoxy) is 2. The highest BCUT2D eigenvalue weighted by Crippen LogP contribution is 2.23. The standard InChI is InChI=1S/C14H18N2O3S/c1-10-5-12(18-2)3-4-13(10)19-7-11(17)6-15-14-8-20-9-16-14/h3-5,8-9,11,15,17H,6-7H2,1-2H3. The van der Waals surface area contributed by atoms with Gasteiger partial charge in [-0.1, -0.05) is 0 Å². The normalized spacial score (nSPS) is 11.9. The number of aliphatic hydroxyl groups excluding tert-OH is 1. The van der Waals surface area contributed by atoms with Gasteiger partial charge in [0.25, 0.3) is 0 Å². The minimum absolute atomic E-state index is 0.226. The molecule has 6 heteroatoms. The fourth-order valence-electron chi connectivity index (χ4n) is 1.68. The van der Waals surface area contributed by atoms with Crippen LogP contribution in [0, 0.1) is 6.92 Å². The molecule has 0 bridgehead atoms. The van der Waals surface area contributed by atoms with Crippen molar-refractivity contribution in [2.45, 2.75) is 13.0 Å². The fourth-order valence-corrected chi connectivity index (χ4v) is 2.19. The number of benzene rings is 1. The first kappa shape index (κ1) is 14.6. The highest BCUT2D eigenvalue weighted by atomic mass is 32.1. The zero-order valence-electron chi connectivity index (χ0n) is 11.5. The predicted molar refractivity (Wildman–Crippen MR) is 79.8 cm³/mol. The molecule has 0 saturated carbocycles. The molecule has 1 aromatic heterocycles. The zero-order valence-corrected chi connectivity index (χ0v) is 12.3. The number of hydrogen-bond donors (Lipinski definition) is 2. The van der Waals surface area contributed by atoms with Gasteiger partial charge in [-0.3, -0.25) is 0 Å². The van der Waals surface area contributed by atoms with Crippen molar-refractivity contribution < 1.29 is 14.6 Å². The first-order chi connectivity index (χ1) is 9.69. The van der Waals surface area contributed by atoms with Gasteiger partial charge >= 0.3 is 0 Å². The highest BCUT2D eigenvalue weighted by Gasteiger charge is 2.08. The third-order valence-corrected chi connectivity index (χ3v) is 3.35. The summed E-state index contributed by atoms with van der Waals surface area (Å²) in [6.45, 7) is 2.57. The van der Waals surface area contributed by atoms with E-state index in [4.69, 9.17) is 9.47 Å². The Hall–Kier alpha value is -1.79. The summed E-state index contributed by atoms with van der Waals surface area (Å²) in [5, 5.41) is 14.8. The number of aromatic nitrogens is 1. The van der Waals surface area contributed by atoms with E-state index in [2.05, 4.69) is 10.3 Å². The van der Waals surface area contributed by atoms with Crippen LogP contribution in [0.4, 0.5) is 5.82 Å². The molecule has 0 aliphatic carbocycles. The van der Waals surface area contributed by atoms with Crippen LogP contribution in [0.1, 0.15) is 5.56 Å². The Labute approximate surface area is 122 Å². The zero-order chi connectivity index (χ0) is 14.4. The molecule has 1 atom stereocenters. The van der Waals surface area contributed by atoms with Crippen molar-refractivity contribution in [1.82, 2.24) is 4.98 Å². The summed E-state index contributed by atoms with van der Waals surface area (Å²) in [6, 6.07) is 5.58. The average Bonchev–Trinajstić information content (AvgIpc) is 2.97. The number of methoxy groups -OCH3 is 1. The van der Waals surface area contributed by atoms with E-state index in [1.165, 1.54) is 11.3 Å². The number of rotatable bonds is 7. The van der Waals surface area contributed by atoms with E-state index in [1.807, 2.05) is 30.5 Å². The molecule has 0 saturated heterocycles. The molecule has 0 aliphatic rings. The van der Waals surface area contributed by atoms with Crippen LogP contribution in [0.25, 0.3) is 0 Å². The van der Waals surface area contributed by atoms with Gasteiger partial charge in [0.15, 0.2) is 0 Å². The van der Waals surface area contributed by atoms with Gasteiger partial charge in [0.1, 0.15) is 30.0 Å². The number of thiazole rings is 1. The molecule has 108 valence electrons. The third-order valence-electron chi connectivity index (χ3n) is 2.76.